The number of carbonyl (C=O) groups excluding carboxylic acids is 2. The summed E-state index contributed by atoms with van der Waals surface area (Å²) in [5.41, 5.74) is 0.858. The van der Waals surface area contributed by atoms with E-state index in [9.17, 15) is 19.7 Å². The number of para-hydroxylation sites is 3. The average Bonchev–Trinajstić information content (AvgIpc) is 3.57. The first-order valence-corrected chi connectivity index (χ1v) is 12.2. The fourth-order valence-electron chi connectivity index (χ4n) is 5.24. The molecule has 2 aliphatic heterocycles. The summed E-state index contributed by atoms with van der Waals surface area (Å²) in [6.07, 6.45) is 2.46. The highest BCUT2D eigenvalue weighted by Crippen LogP contribution is 2.41. The predicted octanol–water partition coefficient (Wildman–Crippen LogP) is 5.02. The molecular formula is C27H28N4O6. The zero-order valence-electron chi connectivity index (χ0n) is 20.5. The summed E-state index contributed by atoms with van der Waals surface area (Å²) in [5, 5.41) is 14.3. The lowest BCUT2D eigenvalue weighted by molar-refractivity contribution is -0.384. The second kappa shape index (κ2) is 9.96. The summed E-state index contributed by atoms with van der Waals surface area (Å²) in [6, 6.07) is 16.6. The van der Waals surface area contributed by atoms with E-state index in [-0.39, 0.29) is 28.8 Å². The van der Waals surface area contributed by atoms with Crippen LogP contribution in [0.15, 0.2) is 65.1 Å². The SMILES string of the molecule is COc1ccccc1NC(=O)N1CCC2(CC1)CCN(C(=O)c1ccc(-c3ccccc3[N+](=O)[O-])o1)C2. The van der Waals surface area contributed by atoms with Gasteiger partial charge >= 0.3 is 6.03 Å². The molecule has 1 aromatic heterocycles. The molecule has 37 heavy (non-hydrogen) atoms. The summed E-state index contributed by atoms with van der Waals surface area (Å²) < 4.78 is 11.1. The molecule has 0 bridgehead atoms. The number of piperidine rings is 1. The van der Waals surface area contributed by atoms with Crippen LogP contribution in [0.25, 0.3) is 11.3 Å². The number of amides is 3. The van der Waals surface area contributed by atoms with Gasteiger partial charge in [0, 0.05) is 32.2 Å². The van der Waals surface area contributed by atoms with E-state index in [4.69, 9.17) is 9.15 Å². The third-order valence-electron chi connectivity index (χ3n) is 7.37. The number of anilines is 1. The number of hydrogen-bond acceptors (Lipinski definition) is 6. The second-order valence-corrected chi connectivity index (χ2v) is 9.53. The van der Waals surface area contributed by atoms with Crippen LogP contribution >= 0.6 is 0 Å². The minimum atomic E-state index is -0.466. The molecule has 1 N–H and O–H groups in total. The fraction of sp³-hybridized carbons (Fsp3) is 0.333. The maximum absolute atomic E-state index is 13.2. The molecule has 3 heterocycles. The van der Waals surface area contributed by atoms with Gasteiger partial charge in [0.15, 0.2) is 5.76 Å². The number of carbonyl (C=O) groups is 2. The third kappa shape index (κ3) is 4.87. The topological polar surface area (TPSA) is 118 Å². The third-order valence-corrected chi connectivity index (χ3v) is 7.37. The Morgan fingerprint density at radius 1 is 0.973 bits per heavy atom. The number of likely N-dealkylation sites (tertiary alicyclic amines) is 2. The predicted molar refractivity (Wildman–Crippen MR) is 137 cm³/mol. The van der Waals surface area contributed by atoms with Gasteiger partial charge in [0.05, 0.1) is 23.3 Å². The number of nitro benzene ring substituents is 1. The standard InChI is InChI=1S/C27H28N4O6/c1-36-23-9-5-3-7-20(23)28-26(33)29-15-12-27(13-16-29)14-17-30(18-27)25(32)24-11-10-22(37-24)19-6-2-4-8-21(19)31(34)35/h2-11H,12-18H2,1H3,(H,28,33). The van der Waals surface area contributed by atoms with E-state index < -0.39 is 4.92 Å². The second-order valence-electron chi connectivity index (χ2n) is 9.53. The van der Waals surface area contributed by atoms with Gasteiger partial charge < -0.3 is 24.3 Å². The smallest absolute Gasteiger partial charge is 0.321 e. The molecular weight excluding hydrogens is 476 g/mol. The van der Waals surface area contributed by atoms with Crippen LogP contribution in [-0.2, 0) is 0 Å². The van der Waals surface area contributed by atoms with Crippen molar-refractivity contribution in [2.24, 2.45) is 5.41 Å². The van der Waals surface area contributed by atoms with Crippen LogP contribution in [0.2, 0.25) is 0 Å². The zero-order valence-corrected chi connectivity index (χ0v) is 20.5. The Morgan fingerprint density at radius 2 is 1.65 bits per heavy atom. The molecule has 192 valence electrons. The van der Waals surface area contributed by atoms with Crippen LogP contribution in [0.1, 0.15) is 29.8 Å². The van der Waals surface area contributed by atoms with Crippen molar-refractivity contribution in [2.75, 3.05) is 38.6 Å². The molecule has 10 heteroatoms. The summed E-state index contributed by atoms with van der Waals surface area (Å²) >= 11 is 0. The largest absolute Gasteiger partial charge is 0.495 e. The number of hydrogen-bond donors (Lipinski definition) is 1. The van der Waals surface area contributed by atoms with Gasteiger partial charge in [-0.25, -0.2) is 4.79 Å². The molecule has 3 aromatic rings. The summed E-state index contributed by atoms with van der Waals surface area (Å²) in [7, 11) is 1.57. The zero-order chi connectivity index (χ0) is 26.0. The van der Waals surface area contributed by atoms with Crippen LogP contribution < -0.4 is 10.1 Å². The molecule has 0 aliphatic carbocycles. The minimum absolute atomic E-state index is 0.0372. The number of ether oxygens (including phenoxy) is 1. The monoisotopic (exact) mass is 504 g/mol. The first-order chi connectivity index (χ1) is 17.9. The molecule has 0 radical (unpaired) electrons. The number of nitrogens with zero attached hydrogens (tertiary/aromatic N) is 3. The van der Waals surface area contributed by atoms with Crippen molar-refractivity contribution in [1.29, 1.82) is 0 Å². The van der Waals surface area contributed by atoms with E-state index in [1.165, 1.54) is 6.07 Å². The van der Waals surface area contributed by atoms with Crippen LogP contribution in [-0.4, -0.2) is 60.0 Å². The summed E-state index contributed by atoms with van der Waals surface area (Å²) in [4.78, 5) is 40.5. The summed E-state index contributed by atoms with van der Waals surface area (Å²) in [6.45, 7) is 2.40. The Balaban J connectivity index is 1.20. The molecule has 2 aromatic carbocycles. The molecule has 1 spiro atoms. The Labute approximate surface area is 214 Å². The van der Waals surface area contributed by atoms with Crippen molar-refractivity contribution in [3.05, 3.63) is 76.5 Å². The van der Waals surface area contributed by atoms with E-state index in [0.29, 0.717) is 48.9 Å². The number of rotatable bonds is 5. The van der Waals surface area contributed by atoms with Crippen LogP contribution in [0, 0.1) is 15.5 Å². The van der Waals surface area contributed by atoms with Crippen molar-refractivity contribution in [2.45, 2.75) is 19.3 Å². The average molecular weight is 505 g/mol. The highest BCUT2D eigenvalue weighted by molar-refractivity contribution is 5.93. The number of nitro groups is 1. The molecule has 5 rings (SSSR count). The quantitative estimate of drug-likeness (QED) is 0.385. The van der Waals surface area contributed by atoms with E-state index in [0.717, 1.165) is 19.3 Å². The van der Waals surface area contributed by atoms with E-state index in [1.807, 2.05) is 12.1 Å². The number of nitrogens with one attached hydrogen (secondary N) is 1. The number of methoxy groups -OCH3 is 1. The number of benzene rings is 2. The van der Waals surface area contributed by atoms with Crippen LogP contribution in [0.5, 0.6) is 5.75 Å². The van der Waals surface area contributed by atoms with Crippen molar-refractivity contribution in [1.82, 2.24) is 9.80 Å². The molecule has 0 saturated carbocycles. The molecule has 0 atom stereocenters. The Morgan fingerprint density at radius 3 is 2.38 bits per heavy atom. The van der Waals surface area contributed by atoms with Crippen molar-refractivity contribution in [3.63, 3.8) is 0 Å². The highest BCUT2D eigenvalue weighted by Gasteiger charge is 2.43. The molecule has 2 fully saturated rings. The van der Waals surface area contributed by atoms with Crippen molar-refractivity contribution < 1.29 is 23.7 Å². The summed E-state index contributed by atoms with van der Waals surface area (Å²) in [5.74, 6) is 0.841. The molecule has 2 aliphatic rings. The van der Waals surface area contributed by atoms with Crippen LogP contribution in [0.3, 0.4) is 0 Å². The van der Waals surface area contributed by atoms with Gasteiger partial charge in [0.1, 0.15) is 11.5 Å². The lowest BCUT2D eigenvalue weighted by Crippen LogP contribution is -2.46. The molecule has 10 nitrogen and oxygen atoms in total. The van der Waals surface area contributed by atoms with Gasteiger partial charge in [0.2, 0.25) is 0 Å². The van der Waals surface area contributed by atoms with E-state index in [1.54, 1.807) is 59.4 Å². The van der Waals surface area contributed by atoms with Crippen LogP contribution in [0.4, 0.5) is 16.2 Å². The Hall–Kier alpha value is -4.34. The van der Waals surface area contributed by atoms with Gasteiger partial charge in [-0.05, 0) is 55.0 Å². The minimum Gasteiger partial charge on any atom is -0.495 e. The van der Waals surface area contributed by atoms with Gasteiger partial charge in [-0.15, -0.1) is 0 Å². The van der Waals surface area contributed by atoms with Crippen molar-refractivity contribution >= 4 is 23.3 Å². The van der Waals surface area contributed by atoms with E-state index in [2.05, 4.69) is 5.32 Å². The molecule has 3 amide bonds. The maximum Gasteiger partial charge on any atom is 0.321 e. The fourth-order valence-corrected chi connectivity index (χ4v) is 5.24. The van der Waals surface area contributed by atoms with Gasteiger partial charge in [-0.3, -0.25) is 14.9 Å². The van der Waals surface area contributed by atoms with E-state index >= 15 is 0 Å². The lowest BCUT2D eigenvalue weighted by Gasteiger charge is -2.39. The molecule has 2 saturated heterocycles. The molecule has 0 unspecified atom stereocenters. The van der Waals surface area contributed by atoms with Crippen molar-refractivity contribution in [3.8, 4) is 17.1 Å². The Kier molecular flexibility index (Phi) is 6.56. The normalized spacial score (nSPS) is 16.6. The lowest BCUT2D eigenvalue weighted by atomic mass is 9.78. The Bertz CT molecular complexity index is 1330. The van der Waals surface area contributed by atoms with Gasteiger partial charge in [-0.1, -0.05) is 24.3 Å². The first-order valence-electron chi connectivity index (χ1n) is 12.2. The number of furan rings is 1. The highest BCUT2D eigenvalue weighted by atomic mass is 16.6. The van der Waals surface area contributed by atoms with Gasteiger partial charge in [-0.2, -0.15) is 0 Å². The van der Waals surface area contributed by atoms with Gasteiger partial charge in [0.25, 0.3) is 11.6 Å². The number of urea groups is 1. The first kappa shape index (κ1) is 24.4. The maximum atomic E-state index is 13.2.